The van der Waals surface area contributed by atoms with Crippen LogP contribution in [0.4, 0.5) is 0 Å². The molecule has 1 N–H and O–H groups in total. The summed E-state index contributed by atoms with van der Waals surface area (Å²) in [5, 5.41) is 11.9. The van der Waals surface area contributed by atoms with Crippen LogP contribution >= 0.6 is 23.2 Å². The number of rotatable bonds is 6. The van der Waals surface area contributed by atoms with Crippen LogP contribution in [0.1, 0.15) is 31.0 Å². The molecule has 1 fully saturated rings. The number of ketones is 1. The summed E-state index contributed by atoms with van der Waals surface area (Å²) < 4.78 is 5.56. The Morgan fingerprint density at radius 3 is 2.41 bits per heavy atom. The third kappa shape index (κ3) is 4.64. The highest BCUT2D eigenvalue weighted by atomic mass is 35.5. The maximum Gasteiger partial charge on any atom is 0.295 e. The lowest BCUT2D eigenvalue weighted by atomic mass is 9.95. The number of hydrogen-bond acceptors (Lipinski definition) is 4. The minimum Gasteiger partial charge on any atom is -0.507 e. The van der Waals surface area contributed by atoms with Crippen molar-refractivity contribution in [2.45, 2.75) is 26.0 Å². The van der Waals surface area contributed by atoms with Crippen LogP contribution in [0, 0.1) is 0 Å². The van der Waals surface area contributed by atoms with Crippen molar-refractivity contribution in [3.8, 4) is 0 Å². The van der Waals surface area contributed by atoms with E-state index in [0.29, 0.717) is 21.2 Å². The quantitative estimate of drug-likeness (QED) is 0.402. The van der Waals surface area contributed by atoms with Crippen molar-refractivity contribution in [3.05, 3.63) is 75.3 Å². The maximum absolute atomic E-state index is 12.9. The molecule has 2 aromatic carbocycles. The van der Waals surface area contributed by atoms with Gasteiger partial charge in [0.05, 0.1) is 24.3 Å². The Kier molecular flexibility index (Phi) is 6.63. The van der Waals surface area contributed by atoms with Crippen molar-refractivity contribution in [2.75, 3.05) is 13.2 Å². The zero-order chi connectivity index (χ0) is 21.1. The number of aliphatic hydroxyl groups is 1. The molecule has 0 radical (unpaired) electrons. The van der Waals surface area contributed by atoms with Crippen LogP contribution < -0.4 is 0 Å². The maximum atomic E-state index is 12.9. The Balaban J connectivity index is 2.09. The molecular formula is C22H21Cl2NO4. The molecule has 3 rings (SSSR count). The number of ether oxygens (including phenoxy) is 1. The molecule has 1 atom stereocenters. The standard InChI is InChI=1S/C22H21Cl2NO4/c1-13(2)29-11-10-25-19(14-6-8-16(23)9-7-14)18(21(27)22(25)28)20(26)15-4-3-5-17(24)12-15/h3-9,12-13,19,26H,10-11H2,1-2H3/b20-18-. The molecule has 1 aliphatic heterocycles. The van der Waals surface area contributed by atoms with E-state index in [-0.39, 0.29) is 30.6 Å². The Morgan fingerprint density at radius 2 is 1.79 bits per heavy atom. The molecule has 0 bridgehead atoms. The molecule has 29 heavy (non-hydrogen) atoms. The number of amides is 1. The summed E-state index contributed by atoms with van der Waals surface area (Å²) in [5.41, 5.74) is 1.05. The van der Waals surface area contributed by atoms with Gasteiger partial charge in [-0.3, -0.25) is 9.59 Å². The van der Waals surface area contributed by atoms with E-state index in [1.54, 1.807) is 48.5 Å². The lowest BCUT2D eigenvalue weighted by molar-refractivity contribution is -0.140. The number of hydrogen-bond donors (Lipinski definition) is 1. The van der Waals surface area contributed by atoms with Gasteiger partial charge >= 0.3 is 0 Å². The largest absolute Gasteiger partial charge is 0.507 e. The predicted octanol–water partition coefficient (Wildman–Crippen LogP) is 4.84. The molecule has 7 heteroatoms. The van der Waals surface area contributed by atoms with E-state index in [9.17, 15) is 14.7 Å². The molecule has 1 heterocycles. The second kappa shape index (κ2) is 8.99. The summed E-state index contributed by atoms with van der Waals surface area (Å²) in [4.78, 5) is 27.0. The van der Waals surface area contributed by atoms with Crippen molar-refractivity contribution in [1.82, 2.24) is 4.90 Å². The molecule has 0 aromatic heterocycles. The van der Waals surface area contributed by atoms with Crippen LogP contribution in [0.3, 0.4) is 0 Å². The van der Waals surface area contributed by atoms with E-state index in [4.69, 9.17) is 27.9 Å². The summed E-state index contributed by atoms with van der Waals surface area (Å²) >= 11 is 12.0. The average Bonchev–Trinajstić information content (AvgIpc) is 2.93. The van der Waals surface area contributed by atoms with Crippen molar-refractivity contribution < 1.29 is 19.4 Å². The van der Waals surface area contributed by atoms with Crippen LogP contribution in [0.2, 0.25) is 10.0 Å². The van der Waals surface area contributed by atoms with Gasteiger partial charge in [-0.15, -0.1) is 0 Å². The van der Waals surface area contributed by atoms with Crippen LogP contribution in [0.5, 0.6) is 0 Å². The van der Waals surface area contributed by atoms with Gasteiger partial charge in [0, 0.05) is 22.2 Å². The lowest BCUT2D eigenvalue weighted by Crippen LogP contribution is -2.33. The Hall–Kier alpha value is -2.34. The minimum atomic E-state index is -0.748. The SMILES string of the molecule is CC(C)OCCN1C(=O)C(=O)/C(=C(\O)c2cccc(Cl)c2)C1c1ccc(Cl)cc1. The highest BCUT2D eigenvalue weighted by molar-refractivity contribution is 6.46. The number of Topliss-reactive ketones (excluding diaryl/α,β-unsaturated/α-hetero) is 1. The number of halogens is 2. The average molecular weight is 434 g/mol. The third-order valence-corrected chi connectivity index (χ3v) is 5.09. The zero-order valence-corrected chi connectivity index (χ0v) is 17.6. The Bertz CT molecular complexity index is 954. The highest BCUT2D eigenvalue weighted by Gasteiger charge is 2.45. The number of carbonyl (C=O) groups is 2. The van der Waals surface area contributed by atoms with Crippen LogP contribution in [0.15, 0.2) is 54.1 Å². The minimum absolute atomic E-state index is 0.00716. The van der Waals surface area contributed by atoms with Crippen molar-refractivity contribution in [2.24, 2.45) is 0 Å². The summed E-state index contributed by atoms with van der Waals surface area (Å²) in [6, 6.07) is 12.6. The first kappa shape index (κ1) is 21.4. The molecular weight excluding hydrogens is 413 g/mol. The molecule has 0 saturated carbocycles. The highest BCUT2D eigenvalue weighted by Crippen LogP contribution is 2.39. The van der Waals surface area contributed by atoms with E-state index >= 15 is 0 Å². The molecule has 2 aromatic rings. The fourth-order valence-electron chi connectivity index (χ4n) is 3.28. The van der Waals surface area contributed by atoms with Crippen molar-refractivity contribution in [3.63, 3.8) is 0 Å². The Morgan fingerprint density at radius 1 is 1.10 bits per heavy atom. The fraction of sp³-hybridized carbons (Fsp3) is 0.273. The van der Waals surface area contributed by atoms with Crippen LogP contribution in [-0.2, 0) is 14.3 Å². The zero-order valence-electron chi connectivity index (χ0n) is 16.1. The predicted molar refractivity (Wildman–Crippen MR) is 113 cm³/mol. The summed E-state index contributed by atoms with van der Waals surface area (Å²) in [6.45, 7) is 4.27. The van der Waals surface area contributed by atoms with Gasteiger partial charge in [0.15, 0.2) is 0 Å². The van der Waals surface area contributed by atoms with E-state index in [0.717, 1.165) is 0 Å². The number of benzene rings is 2. The van der Waals surface area contributed by atoms with Crippen LogP contribution in [-0.4, -0.2) is 41.0 Å². The molecule has 152 valence electrons. The summed E-state index contributed by atoms with van der Waals surface area (Å²) in [5.74, 6) is -1.69. The number of aliphatic hydroxyl groups excluding tert-OH is 1. The second-order valence-corrected chi connectivity index (χ2v) is 7.85. The van der Waals surface area contributed by atoms with Gasteiger partial charge in [-0.2, -0.15) is 0 Å². The van der Waals surface area contributed by atoms with Crippen molar-refractivity contribution >= 4 is 40.7 Å². The molecule has 1 saturated heterocycles. The molecule has 5 nitrogen and oxygen atoms in total. The molecule has 0 spiro atoms. The monoisotopic (exact) mass is 433 g/mol. The van der Waals surface area contributed by atoms with Gasteiger partial charge in [0.25, 0.3) is 11.7 Å². The van der Waals surface area contributed by atoms with Crippen LogP contribution in [0.25, 0.3) is 5.76 Å². The fourth-order valence-corrected chi connectivity index (χ4v) is 3.60. The van der Waals surface area contributed by atoms with Crippen molar-refractivity contribution in [1.29, 1.82) is 0 Å². The first-order valence-corrected chi connectivity index (χ1v) is 9.96. The summed E-state index contributed by atoms with van der Waals surface area (Å²) in [7, 11) is 0. The first-order valence-electron chi connectivity index (χ1n) is 9.21. The topological polar surface area (TPSA) is 66.8 Å². The molecule has 1 aliphatic rings. The smallest absolute Gasteiger partial charge is 0.295 e. The third-order valence-electron chi connectivity index (χ3n) is 4.61. The first-order chi connectivity index (χ1) is 13.8. The van der Waals surface area contributed by atoms with Gasteiger partial charge < -0.3 is 14.7 Å². The number of nitrogens with zero attached hydrogens (tertiary/aromatic N) is 1. The second-order valence-electron chi connectivity index (χ2n) is 6.97. The van der Waals surface area contributed by atoms with E-state index in [1.165, 1.54) is 4.90 Å². The van der Waals surface area contributed by atoms with Gasteiger partial charge in [-0.05, 0) is 43.7 Å². The van der Waals surface area contributed by atoms with E-state index < -0.39 is 17.7 Å². The molecule has 1 unspecified atom stereocenters. The molecule has 1 amide bonds. The number of likely N-dealkylation sites (tertiary alicyclic amines) is 1. The van der Waals surface area contributed by atoms with Gasteiger partial charge in [-0.25, -0.2) is 0 Å². The lowest BCUT2D eigenvalue weighted by Gasteiger charge is -2.25. The van der Waals surface area contributed by atoms with Gasteiger partial charge in [-0.1, -0.05) is 47.5 Å². The number of carbonyl (C=O) groups excluding carboxylic acids is 2. The van der Waals surface area contributed by atoms with Gasteiger partial charge in [0.1, 0.15) is 5.76 Å². The van der Waals surface area contributed by atoms with E-state index in [1.807, 2.05) is 13.8 Å². The van der Waals surface area contributed by atoms with Gasteiger partial charge in [0.2, 0.25) is 0 Å². The molecule has 0 aliphatic carbocycles. The Labute approximate surface area is 179 Å². The normalized spacial score (nSPS) is 18.7. The summed E-state index contributed by atoms with van der Waals surface area (Å²) in [6.07, 6.45) is -0.00716. The van der Waals surface area contributed by atoms with E-state index in [2.05, 4.69) is 0 Å².